The molecule has 5 heteroatoms. The normalized spacial score (nSPS) is 16.5. The van der Waals surface area contributed by atoms with E-state index < -0.39 is 6.10 Å². The molecule has 25 heavy (non-hydrogen) atoms. The quantitative estimate of drug-likeness (QED) is 0.885. The van der Waals surface area contributed by atoms with Crippen LogP contribution in [0.5, 0.6) is 5.75 Å². The van der Waals surface area contributed by atoms with E-state index in [4.69, 9.17) is 16.3 Å². The lowest BCUT2D eigenvalue weighted by Crippen LogP contribution is -2.42. The van der Waals surface area contributed by atoms with Gasteiger partial charge in [0.25, 0.3) is 5.91 Å². The van der Waals surface area contributed by atoms with Crippen LogP contribution in [-0.2, 0) is 4.79 Å². The van der Waals surface area contributed by atoms with E-state index in [0.717, 1.165) is 18.4 Å². The van der Waals surface area contributed by atoms with E-state index in [1.165, 1.54) is 0 Å². The van der Waals surface area contributed by atoms with Gasteiger partial charge in [-0.05, 0) is 48.6 Å². The van der Waals surface area contributed by atoms with E-state index in [1.54, 1.807) is 24.3 Å². The van der Waals surface area contributed by atoms with E-state index in [9.17, 15) is 9.90 Å². The molecule has 1 atom stereocenters. The lowest BCUT2D eigenvalue weighted by molar-refractivity contribution is -0.135. The van der Waals surface area contributed by atoms with E-state index in [2.05, 4.69) is 0 Å². The minimum Gasteiger partial charge on any atom is -0.484 e. The number of aliphatic hydroxyl groups is 1. The number of hydrogen-bond donors (Lipinski definition) is 1. The largest absolute Gasteiger partial charge is 0.484 e. The second-order valence-corrected chi connectivity index (χ2v) is 6.75. The Hall–Kier alpha value is -2.04. The molecule has 0 spiro atoms. The fraction of sp³-hybridized carbons (Fsp3) is 0.350. The van der Waals surface area contributed by atoms with Crippen molar-refractivity contribution in [3.63, 3.8) is 0 Å². The van der Waals surface area contributed by atoms with E-state index in [-0.39, 0.29) is 18.4 Å². The maximum Gasteiger partial charge on any atom is 0.260 e. The van der Waals surface area contributed by atoms with Crippen LogP contribution >= 0.6 is 11.6 Å². The third kappa shape index (κ3) is 4.74. The molecule has 0 radical (unpaired) electrons. The first-order chi connectivity index (χ1) is 12.1. The molecule has 1 aliphatic heterocycles. The Bertz CT molecular complexity index is 682. The monoisotopic (exact) mass is 359 g/mol. The van der Waals surface area contributed by atoms with Gasteiger partial charge in [0.15, 0.2) is 6.61 Å². The summed E-state index contributed by atoms with van der Waals surface area (Å²) in [6, 6.07) is 16.7. The van der Waals surface area contributed by atoms with Gasteiger partial charge in [-0.15, -0.1) is 0 Å². The molecule has 132 valence electrons. The summed E-state index contributed by atoms with van der Waals surface area (Å²) in [5.41, 5.74) is 0.943. The number of nitrogens with zero attached hydrogens (tertiary/aromatic N) is 1. The molecule has 2 aromatic rings. The first-order valence-corrected chi connectivity index (χ1v) is 8.90. The van der Waals surface area contributed by atoms with Crippen molar-refractivity contribution >= 4 is 17.5 Å². The maximum atomic E-state index is 12.3. The first-order valence-electron chi connectivity index (χ1n) is 8.52. The second-order valence-electron chi connectivity index (χ2n) is 6.32. The molecule has 1 aliphatic rings. The molecule has 4 nitrogen and oxygen atoms in total. The number of likely N-dealkylation sites (tertiary alicyclic amines) is 1. The zero-order chi connectivity index (χ0) is 17.6. The average molecular weight is 360 g/mol. The minimum atomic E-state index is -0.469. The highest BCUT2D eigenvalue weighted by Crippen LogP contribution is 2.30. The second kappa shape index (κ2) is 8.37. The number of aliphatic hydroxyl groups excluding tert-OH is 1. The molecule has 0 bridgehead atoms. The third-order valence-corrected chi connectivity index (χ3v) is 4.91. The Morgan fingerprint density at radius 1 is 1.12 bits per heavy atom. The fourth-order valence-electron chi connectivity index (χ4n) is 3.15. The first kappa shape index (κ1) is 17.8. The van der Waals surface area contributed by atoms with Gasteiger partial charge in [-0.3, -0.25) is 4.79 Å². The summed E-state index contributed by atoms with van der Waals surface area (Å²) in [5.74, 6) is 0.790. The standard InChI is InChI=1S/C20H22ClNO3/c21-17-6-8-18(9-7-17)25-14-19(23)22-12-10-16(11-13-22)20(24)15-4-2-1-3-5-15/h1-9,16,20,24H,10-14H2. The summed E-state index contributed by atoms with van der Waals surface area (Å²) in [7, 11) is 0. The predicted molar refractivity (Wildman–Crippen MR) is 97.7 cm³/mol. The van der Waals surface area contributed by atoms with Crippen LogP contribution in [0.2, 0.25) is 5.02 Å². The SMILES string of the molecule is O=C(COc1ccc(Cl)cc1)N1CCC(C(O)c2ccccc2)CC1. The summed E-state index contributed by atoms with van der Waals surface area (Å²) in [4.78, 5) is 14.1. The summed E-state index contributed by atoms with van der Waals surface area (Å²) in [6.45, 7) is 1.32. The van der Waals surface area contributed by atoms with Gasteiger partial charge in [0.2, 0.25) is 0 Å². The van der Waals surface area contributed by atoms with Crippen LogP contribution in [0.25, 0.3) is 0 Å². The summed E-state index contributed by atoms with van der Waals surface area (Å²) < 4.78 is 5.52. The van der Waals surface area contributed by atoms with E-state index in [1.807, 2.05) is 35.2 Å². The average Bonchev–Trinajstić information content (AvgIpc) is 2.67. The van der Waals surface area contributed by atoms with Crippen LogP contribution in [0.4, 0.5) is 0 Å². The van der Waals surface area contributed by atoms with Crippen LogP contribution in [0.1, 0.15) is 24.5 Å². The molecule has 0 saturated carbocycles. The van der Waals surface area contributed by atoms with E-state index in [0.29, 0.717) is 23.9 Å². The maximum absolute atomic E-state index is 12.3. The van der Waals surface area contributed by atoms with Gasteiger partial charge >= 0.3 is 0 Å². The number of ether oxygens (including phenoxy) is 1. The molecule has 1 N–H and O–H groups in total. The van der Waals surface area contributed by atoms with Crippen LogP contribution < -0.4 is 4.74 Å². The molecule has 1 saturated heterocycles. The predicted octanol–water partition coefficient (Wildman–Crippen LogP) is 3.69. The van der Waals surface area contributed by atoms with Crippen molar-refractivity contribution in [2.75, 3.05) is 19.7 Å². The number of hydrogen-bond acceptors (Lipinski definition) is 3. The lowest BCUT2D eigenvalue weighted by Gasteiger charge is -2.34. The molecular weight excluding hydrogens is 338 g/mol. The number of benzene rings is 2. The number of piperidine rings is 1. The highest BCUT2D eigenvalue weighted by Gasteiger charge is 2.28. The van der Waals surface area contributed by atoms with Crippen molar-refractivity contribution in [2.45, 2.75) is 18.9 Å². The van der Waals surface area contributed by atoms with E-state index >= 15 is 0 Å². The number of rotatable bonds is 5. The molecule has 1 unspecified atom stereocenters. The number of halogens is 1. The Balaban J connectivity index is 1.46. The molecule has 1 fully saturated rings. The van der Waals surface area contributed by atoms with Gasteiger partial charge in [-0.1, -0.05) is 41.9 Å². The van der Waals surface area contributed by atoms with Crippen molar-refractivity contribution < 1.29 is 14.6 Å². The Morgan fingerprint density at radius 2 is 1.76 bits per heavy atom. The Kier molecular flexibility index (Phi) is 5.95. The van der Waals surface area contributed by atoms with Crippen LogP contribution in [0, 0.1) is 5.92 Å². The summed E-state index contributed by atoms with van der Waals surface area (Å²) in [5, 5.41) is 11.1. The number of amides is 1. The topological polar surface area (TPSA) is 49.8 Å². The highest BCUT2D eigenvalue weighted by atomic mass is 35.5. The van der Waals surface area contributed by atoms with Gasteiger partial charge in [-0.25, -0.2) is 0 Å². The van der Waals surface area contributed by atoms with Crippen molar-refractivity contribution in [3.05, 3.63) is 65.2 Å². The molecule has 1 heterocycles. The molecule has 2 aromatic carbocycles. The number of carbonyl (C=O) groups is 1. The summed E-state index contributed by atoms with van der Waals surface area (Å²) >= 11 is 5.83. The fourth-order valence-corrected chi connectivity index (χ4v) is 3.28. The van der Waals surface area contributed by atoms with Crippen molar-refractivity contribution in [1.29, 1.82) is 0 Å². The summed E-state index contributed by atoms with van der Waals surface area (Å²) in [6.07, 6.45) is 1.12. The van der Waals surface area contributed by atoms with Gasteiger partial charge in [0.1, 0.15) is 5.75 Å². The van der Waals surface area contributed by atoms with Gasteiger partial charge in [0.05, 0.1) is 6.10 Å². The van der Waals surface area contributed by atoms with Crippen LogP contribution in [0.3, 0.4) is 0 Å². The smallest absolute Gasteiger partial charge is 0.260 e. The zero-order valence-electron chi connectivity index (χ0n) is 14.0. The molecule has 3 rings (SSSR count). The molecular formula is C20H22ClNO3. The molecule has 0 aromatic heterocycles. The minimum absolute atomic E-state index is 0.0214. The van der Waals surface area contributed by atoms with Crippen molar-refractivity contribution in [2.24, 2.45) is 5.92 Å². The number of carbonyl (C=O) groups excluding carboxylic acids is 1. The van der Waals surface area contributed by atoms with Gasteiger partial charge < -0.3 is 14.7 Å². The van der Waals surface area contributed by atoms with Crippen molar-refractivity contribution in [1.82, 2.24) is 4.90 Å². The van der Waals surface area contributed by atoms with Crippen LogP contribution in [0.15, 0.2) is 54.6 Å². The van der Waals surface area contributed by atoms with Crippen LogP contribution in [-0.4, -0.2) is 35.6 Å². The Morgan fingerprint density at radius 3 is 2.40 bits per heavy atom. The molecule has 1 amide bonds. The lowest BCUT2D eigenvalue weighted by atomic mass is 9.87. The van der Waals surface area contributed by atoms with Gasteiger partial charge in [0, 0.05) is 18.1 Å². The highest BCUT2D eigenvalue weighted by molar-refractivity contribution is 6.30. The zero-order valence-corrected chi connectivity index (χ0v) is 14.7. The van der Waals surface area contributed by atoms with Gasteiger partial charge in [-0.2, -0.15) is 0 Å². The van der Waals surface area contributed by atoms with Crippen molar-refractivity contribution in [3.8, 4) is 5.75 Å². The Labute approximate surface area is 153 Å². The third-order valence-electron chi connectivity index (χ3n) is 4.66. The molecule has 0 aliphatic carbocycles.